The molecule has 21 heavy (non-hydrogen) atoms. The third-order valence-electron chi connectivity index (χ3n) is 3.74. The molecule has 2 amide bonds. The molecular formula is C16H17N3O2. The van der Waals surface area contributed by atoms with E-state index in [0.717, 1.165) is 25.8 Å². The Kier molecular flexibility index (Phi) is 3.81. The predicted octanol–water partition coefficient (Wildman–Crippen LogP) is 2.35. The molecule has 5 nitrogen and oxygen atoms in total. The first-order chi connectivity index (χ1) is 10.3. The zero-order chi connectivity index (χ0) is 14.7. The molecule has 0 radical (unpaired) electrons. The third-order valence-corrected chi connectivity index (χ3v) is 3.74. The maximum Gasteiger partial charge on any atom is 0.261 e. The van der Waals surface area contributed by atoms with Gasteiger partial charge in [0.05, 0.1) is 17.5 Å². The molecule has 1 aromatic carbocycles. The van der Waals surface area contributed by atoms with Crippen LogP contribution in [-0.4, -0.2) is 32.8 Å². The predicted molar refractivity (Wildman–Crippen MR) is 77.9 cm³/mol. The number of carbonyl (C=O) groups excluding carboxylic acids is 2. The van der Waals surface area contributed by atoms with Crippen molar-refractivity contribution in [1.82, 2.24) is 14.5 Å². The van der Waals surface area contributed by atoms with Crippen molar-refractivity contribution < 1.29 is 9.59 Å². The van der Waals surface area contributed by atoms with E-state index in [-0.39, 0.29) is 11.8 Å². The fraction of sp³-hybridized carbons (Fsp3) is 0.312. The first kappa shape index (κ1) is 13.5. The van der Waals surface area contributed by atoms with Crippen LogP contribution in [0.3, 0.4) is 0 Å². The minimum absolute atomic E-state index is 0.162. The lowest BCUT2D eigenvalue weighted by Crippen LogP contribution is -2.30. The summed E-state index contributed by atoms with van der Waals surface area (Å²) in [5.41, 5.74) is 1.06. The molecule has 0 saturated carbocycles. The minimum atomic E-state index is -0.162. The maximum atomic E-state index is 12.2. The molecule has 1 aromatic heterocycles. The van der Waals surface area contributed by atoms with E-state index in [2.05, 4.69) is 4.98 Å². The Morgan fingerprint density at radius 1 is 0.905 bits per heavy atom. The number of amides is 2. The molecule has 0 fully saturated rings. The third kappa shape index (κ3) is 2.72. The number of rotatable bonds is 6. The summed E-state index contributed by atoms with van der Waals surface area (Å²) in [4.78, 5) is 29.7. The van der Waals surface area contributed by atoms with Crippen LogP contribution in [0.25, 0.3) is 0 Å². The van der Waals surface area contributed by atoms with Crippen molar-refractivity contribution in [3.8, 4) is 0 Å². The number of hydrogen-bond donors (Lipinski definition) is 0. The molecular weight excluding hydrogens is 266 g/mol. The van der Waals surface area contributed by atoms with Crippen LogP contribution in [0.4, 0.5) is 0 Å². The topological polar surface area (TPSA) is 55.2 Å². The number of imidazole rings is 1. The molecule has 2 aromatic rings. The highest BCUT2D eigenvalue weighted by molar-refractivity contribution is 6.21. The van der Waals surface area contributed by atoms with Crippen molar-refractivity contribution in [3.05, 3.63) is 54.1 Å². The Morgan fingerprint density at radius 3 is 2.19 bits per heavy atom. The lowest BCUT2D eigenvalue weighted by molar-refractivity contribution is 0.0651. The minimum Gasteiger partial charge on any atom is -0.337 e. The van der Waals surface area contributed by atoms with Crippen LogP contribution >= 0.6 is 0 Å². The van der Waals surface area contributed by atoms with Crippen molar-refractivity contribution in [3.63, 3.8) is 0 Å². The van der Waals surface area contributed by atoms with Crippen molar-refractivity contribution in [2.24, 2.45) is 0 Å². The van der Waals surface area contributed by atoms with Crippen molar-refractivity contribution in [2.45, 2.75) is 25.8 Å². The highest BCUT2D eigenvalue weighted by Crippen LogP contribution is 2.22. The van der Waals surface area contributed by atoms with E-state index in [1.807, 2.05) is 10.8 Å². The number of hydrogen-bond acceptors (Lipinski definition) is 3. The van der Waals surface area contributed by atoms with Gasteiger partial charge in [-0.3, -0.25) is 14.5 Å². The summed E-state index contributed by atoms with van der Waals surface area (Å²) in [5, 5.41) is 0. The van der Waals surface area contributed by atoms with Crippen LogP contribution in [0.15, 0.2) is 43.0 Å². The Balaban J connectivity index is 1.48. The summed E-state index contributed by atoms with van der Waals surface area (Å²) in [5.74, 6) is -0.324. The van der Waals surface area contributed by atoms with Crippen molar-refractivity contribution in [1.29, 1.82) is 0 Å². The van der Waals surface area contributed by atoms with Crippen LogP contribution in [-0.2, 0) is 6.54 Å². The summed E-state index contributed by atoms with van der Waals surface area (Å²) in [6, 6.07) is 7.01. The fourth-order valence-electron chi connectivity index (χ4n) is 2.60. The molecule has 1 aliphatic heterocycles. The molecule has 0 unspecified atom stereocenters. The molecule has 2 heterocycles. The fourth-order valence-corrected chi connectivity index (χ4v) is 2.60. The van der Waals surface area contributed by atoms with E-state index in [0.29, 0.717) is 17.7 Å². The van der Waals surface area contributed by atoms with Crippen molar-refractivity contribution in [2.75, 3.05) is 6.54 Å². The molecule has 0 saturated heterocycles. The number of imide groups is 1. The maximum absolute atomic E-state index is 12.2. The number of benzene rings is 1. The van der Waals surface area contributed by atoms with Crippen molar-refractivity contribution >= 4 is 11.8 Å². The number of aryl methyl sites for hydroxylation is 1. The van der Waals surface area contributed by atoms with E-state index in [9.17, 15) is 9.59 Å². The summed E-state index contributed by atoms with van der Waals surface area (Å²) in [6.45, 7) is 1.42. The SMILES string of the molecule is O=C1c2ccccc2C(=O)N1CCCCCn1ccnc1. The standard InChI is InChI=1S/C16H17N3O2/c20-15-13-6-2-3-7-14(13)16(21)19(15)10-5-1-4-9-18-11-8-17-12-18/h2-3,6-8,11-12H,1,4-5,9-10H2. The average Bonchev–Trinajstić information content (AvgIpc) is 3.10. The molecule has 0 bridgehead atoms. The van der Waals surface area contributed by atoms with Crippen LogP contribution < -0.4 is 0 Å². The Bertz CT molecular complexity index is 614. The number of aromatic nitrogens is 2. The molecule has 5 heteroatoms. The van der Waals surface area contributed by atoms with Gasteiger partial charge < -0.3 is 4.57 Å². The van der Waals surface area contributed by atoms with Crippen LogP contribution in [0.1, 0.15) is 40.0 Å². The van der Waals surface area contributed by atoms with Gasteiger partial charge in [0.15, 0.2) is 0 Å². The van der Waals surface area contributed by atoms with Crippen LogP contribution in [0, 0.1) is 0 Å². The lowest BCUT2D eigenvalue weighted by Gasteiger charge is -2.13. The molecule has 108 valence electrons. The van der Waals surface area contributed by atoms with Crippen LogP contribution in [0.2, 0.25) is 0 Å². The van der Waals surface area contributed by atoms with Gasteiger partial charge in [-0.25, -0.2) is 4.98 Å². The molecule has 0 N–H and O–H groups in total. The van der Waals surface area contributed by atoms with Gasteiger partial charge >= 0.3 is 0 Å². The Morgan fingerprint density at radius 2 is 1.57 bits per heavy atom. The first-order valence-corrected chi connectivity index (χ1v) is 7.18. The van der Waals surface area contributed by atoms with Gasteiger partial charge in [0.1, 0.15) is 0 Å². The zero-order valence-electron chi connectivity index (χ0n) is 11.7. The van der Waals surface area contributed by atoms with Crippen LogP contribution in [0.5, 0.6) is 0 Å². The van der Waals surface area contributed by atoms with E-state index in [1.54, 1.807) is 36.8 Å². The van der Waals surface area contributed by atoms with Gasteiger partial charge in [-0.05, 0) is 31.4 Å². The van der Waals surface area contributed by atoms with Gasteiger partial charge in [0, 0.05) is 25.5 Å². The summed E-state index contributed by atoms with van der Waals surface area (Å²) >= 11 is 0. The Hall–Kier alpha value is -2.43. The van der Waals surface area contributed by atoms with E-state index < -0.39 is 0 Å². The summed E-state index contributed by atoms with van der Waals surface area (Å²) in [6.07, 6.45) is 8.32. The molecule has 0 spiro atoms. The monoisotopic (exact) mass is 283 g/mol. The van der Waals surface area contributed by atoms with E-state index in [1.165, 1.54) is 4.90 Å². The number of nitrogens with zero attached hydrogens (tertiary/aromatic N) is 3. The van der Waals surface area contributed by atoms with Gasteiger partial charge in [-0.15, -0.1) is 0 Å². The van der Waals surface area contributed by atoms with Gasteiger partial charge in [0.25, 0.3) is 11.8 Å². The van der Waals surface area contributed by atoms with Gasteiger partial charge in [-0.2, -0.15) is 0 Å². The highest BCUT2D eigenvalue weighted by Gasteiger charge is 2.34. The average molecular weight is 283 g/mol. The normalized spacial score (nSPS) is 13.8. The summed E-state index contributed by atoms with van der Waals surface area (Å²) < 4.78 is 2.03. The second-order valence-electron chi connectivity index (χ2n) is 5.17. The highest BCUT2D eigenvalue weighted by atomic mass is 16.2. The van der Waals surface area contributed by atoms with Gasteiger partial charge in [-0.1, -0.05) is 12.1 Å². The molecule has 0 aliphatic carbocycles. The molecule has 0 atom stereocenters. The second kappa shape index (κ2) is 5.91. The first-order valence-electron chi connectivity index (χ1n) is 7.18. The largest absolute Gasteiger partial charge is 0.337 e. The summed E-state index contributed by atoms with van der Waals surface area (Å²) in [7, 11) is 0. The quantitative estimate of drug-likeness (QED) is 0.604. The molecule has 3 rings (SSSR count). The smallest absolute Gasteiger partial charge is 0.261 e. The van der Waals surface area contributed by atoms with Gasteiger partial charge in [0.2, 0.25) is 0 Å². The Labute approximate surface area is 123 Å². The zero-order valence-corrected chi connectivity index (χ0v) is 11.7. The lowest BCUT2D eigenvalue weighted by atomic mass is 10.1. The molecule has 1 aliphatic rings. The second-order valence-corrected chi connectivity index (χ2v) is 5.17. The van der Waals surface area contributed by atoms with E-state index in [4.69, 9.17) is 0 Å². The van der Waals surface area contributed by atoms with E-state index >= 15 is 0 Å². The number of fused-ring (bicyclic) bond motifs is 1. The number of carbonyl (C=O) groups is 2. The number of unbranched alkanes of at least 4 members (excludes halogenated alkanes) is 2.